The van der Waals surface area contributed by atoms with E-state index < -0.39 is 23.0 Å². The van der Waals surface area contributed by atoms with Gasteiger partial charge in [-0.1, -0.05) is 35.9 Å². The number of pyridine rings is 1. The fraction of sp³-hybridized carbons (Fsp3) is 0. The van der Waals surface area contributed by atoms with Gasteiger partial charge < -0.3 is 0 Å². The Kier molecular flexibility index (Phi) is 4.67. The molecule has 0 unspecified atom stereocenters. The van der Waals surface area contributed by atoms with Crippen LogP contribution < -0.4 is 0 Å². The van der Waals surface area contributed by atoms with Crippen LogP contribution in [0.2, 0.25) is 5.02 Å². The Morgan fingerprint density at radius 3 is 2.38 bits per heavy atom. The van der Waals surface area contributed by atoms with E-state index >= 15 is 0 Å². The van der Waals surface area contributed by atoms with Gasteiger partial charge in [0.05, 0.1) is 10.6 Å². The molecule has 1 aromatic heterocycles. The van der Waals surface area contributed by atoms with Gasteiger partial charge in [0.15, 0.2) is 5.78 Å². The van der Waals surface area contributed by atoms with Crippen molar-refractivity contribution in [3.05, 3.63) is 106 Å². The Labute approximate surface area is 142 Å². The van der Waals surface area contributed by atoms with Gasteiger partial charge in [0, 0.05) is 24.4 Å². The summed E-state index contributed by atoms with van der Waals surface area (Å²) in [5, 5.41) is 0.490. The summed E-state index contributed by atoms with van der Waals surface area (Å²) in [6.45, 7) is 0. The van der Waals surface area contributed by atoms with Gasteiger partial charge in [-0.15, -0.1) is 0 Å². The Morgan fingerprint density at radius 2 is 1.67 bits per heavy atom. The van der Waals surface area contributed by atoms with E-state index in [2.05, 4.69) is 4.98 Å². The fourth-order valence-electron chi connectivity index (χ4n) is 2.33. The fourth-order valence-corrected chi connectivity index (χ4v) is 2.51. The monoisotopic (exact) mass is 342 g/mol. The van der Waals surface area contributed by atoms with Crippen LogP contribution in [0.5, 0.6) is 0 Å². The second kappa shape index (κ2) is 6.89. The van der Waals surface area contributed by atoms with E-state index in [9.17, 15) is 13.6 Å². The van der Waals surface area contributed by atoms with Crippen molar-refractivity contribution in [2.75, 3.05) is 0 Å². The van der Waals surface area contributed by atoms with Crippen LogP contribution in [0, 0.1) is 18.1 Å². The molecular formula is C19H11ClF2NO. The topological polar surface area (TPSA) is 30.0 Å². The summed E-state index contributed by atoms with van der Waals surface area (Å²) in [6.07, 6.45) is 4.91. The molecule has 5 heteroatoms. The molecule has 119 valence electrons. The second-order valence-corrected chi connectivity index (χ2v) is 5.57. The maximum Gasteiger partial charge on any atom is 0.198 e. The quantitative estimate of drug-likeness (QED) is 0.635. The maximum absolute atomic E-state index is 13.8. The number of ketones is 1. The van der Waals surface area contributed by atoms with Gasteiger partial charge in [0.2, 0.25) is 0 Å². The zero-order chi connectivity index (χ0) is 17.1. The van der Waals surface area contributed by atoms with Gasteiger partial charge in [-0.05, 0) is 35.4 Å². The molecule has 0 spiro atoms. The van der Waals surface area contributed by atoms with Crippen LogP contribution in [0.25, 0.3) is 0 Å². The predicted molar refractivity (Wildman–Crippen MR) is 88.0 cm³/mol. The Morgan fingerprint density at radius 1 is 0.958 bits per heavy atom. The average Bonchev–Trinajstić information content (AvgIpc) is 2.55. The predicted octanol–water partition coefficient (Wildman–Crippen LogP) is 4.84. The first-order chi connectivity index (χ1) is 11.5. The van der Waals surface area contributed by atoms with E-state index in [1.165, 1.54) is 18.3 Å². The number of benzene rings is 2. The van der Waals surface area contributed by atoms with Crippen LogP contribution in [0.1, 0.15) is 27.0 Å². The molecule has 0 N–H and O–H groups in total. The van der Waals surface area contributed by atoms with Crippen molar-refractivity contribution in [2.45, 2.75) is 0 Å². The Bertz CT molecular complexity index is 891. The Hall–Kier alpha value is -2.59. The largest absolute Gasteiger partial charge is 0.288 e. The highest BCUT2D eigenvalue weighted by Gasteiger charge is 2.18. The Balaban J connectivity index is 1.92. The normalized spacial score (nSPS) is 10.6. The molecule has 2 nitrogen and oxygen atoms in total. The third-order valence-electron chi connectivity index (χ3n) is 3.40. The molecule has 0 fully saturated rings. The summed E-state index contributed by atoms with van der Waals surface area (Å²) in [5.74, 6) is -2.47. The third-order valence-corrected chi connectivity index (χ3v) is 3.60. The average molecular weight is 343 g/mol. The van der Waals surface area contributed by atoms with E-state index in [-0.39, 0.29) is 5.56 Å². The summed E-state index contributed by atoms with van der Waals surface area (Å²) in [6, 6.07) is 11.6. The molecule has 0 saturated heterocycles. The number of rotatable bonds is 4. The van der Waals surface area contributed by atoms with Gasteiger partial charge in [-0.2, -0.15) is 0 Å². The number of hydrogen-bond acceptors (Lipinski definition) is 2. The summed E-state index contributed by atoms with van der Waals surface area (Å²) >= 11 is 5.89. The molecule has 0 bridgehead atoms. The van der Waals surface area contributed by atoms with E-state index in [0.29, 0.717) is 10.6 Å². The van der Waals surface area contributed by atoms with E-state index in [1.54, 1.807) is 36.9 Å². The highest BCUT2D eigenvalue weighted by Crippen LogP contribution is 2.20. The highest BCUT2D eigenvalue weighted by molar-refractivity contribution is 6.30. The zero-order valence-electron chi connectivity index (χ0n) is 12.3. The zero-order valence-corrected chi connectivity index (χ0v) is 13.1. The molecule has 1 heterocycles. The van der Waals surface area contributed by atoms with E-state index in [1.807, 2.05) is 0 Å². The van der Waals surface area contributed by atoms with Crippen molar-refractivity contribution in [2.24, 2.45) is 0 Å². The minimum atomic E-state index is -0.881. The van der Waals surface area contributed by atoms with Crippen LogP contribution in [-0.2, 0) is 0 Å². The first-order valence-electron chi connectivity index (χ1n) is 7.08. The van der Waals surface area contributed by atoms with Crippen molar-refractivity contribution in [1.29, 1.82) is 0 Å². The van der Waals surface area contributed by atoms with Gasteiger partial charge in [0.25, 0.3) is 0 Å². The molecule has 0 aliphatic rings. The summed E-state index contributed by atoms with van der Waals surface area (Å²) in [5.41, 5.74) is 1.09. The number of halogens is 3. The van der Waals surface area contributed by atoms with Gasteiger partial charge in [-0.3, -0.25) is 9.78 Å². The highest BCUT2D eigenvalue weighted by atomic mass is 35.5. The molecule has 1 radical (unpaired) electrons. The molecule has 0 aliphatic carbocycles. The van der Waals surface area contributed by atoms with Crippen molar-refractivity contribution in [3.8, 4) is 0 Å². The summed E-state index contributed by atoms with van der Waals surface area (Å²) < 4.78 is 27.6. The first-order valence-corrected chi connectivity index (χ1v) is 7.46. The van der Waals surface area contributed by atoms with Crippen molar-refractivity contribution in [1.82, 2.24) is 4.98 Å². The maximum atomic E-state index is 13.8. The molecule has 24 heavy (non-hydrogen) atoms. The van der Waals surface area contributed by atoms with Crippen molar-refractivity contribution < 1.29 is 13.6 Å². The van der Waals surface area contributed by atoms with Crippen LogP contribution in [-0.4, -0.2) is 10.8 Å². The van der Waals surface area contributed by atoms with Crippen molar-refractivity contribution >= 4 is 17.4 Å². The van der Waals surface area contributed by atoms with Gasteiger partial charge in [0.1, 0.15) is 11.6 Å². The first kappa shape index (κ1) is 16.3. The number of hydrogen-bond donors (Lipinski definition) is 0. The minimum absolute atomic E-state index is 0.197. The van der Waals surface area contributed by atoms with E-state index in [4.69, 9.17) is 11.6 Å². The van der Waals surface area contributed by atoms with Crippen LogP contribution >= 0.6 is 11.6 Å². The molecule has 0 atom stereocenters. The molecule has 0 amide bonds. The van der Waals surface area contributed by atoms with Crippen LogP contribution in [0.4, 0.5) is 8.78 Å². The lowest BCUT2D eigenvalue weighted by Crippen LogP contribution is -2.07. The number of carbonyl (C=O) groups excluding carboxylic acids is 1. The van der Waals surface area contributed by atoms with Gasteiger partial charge in [-0.25, -0.2) is 8.78 Å². The molecular weight excluding hydrogens is 332 g/mol. The van der Waals surface area contributed by atoms with Crippen LogP contribution in [0.15, 0.2) is 60.9 Å². The second-order valence-electron chi connectivity index (χ2n) is 5.13. The molecule has 3 rings (SSSR count). The molecule has 3 aromatic rings. The van der Waals surface area contributed by atoms with E-state index in [0.717, 1.165) is 17.7 Å². The number of aromatic nitrogens is 1. The molecule has 0 saturated carbocycles. The standard InChI is InChI=1S/C19H11ClF2NO/c20-15-9-13(10-23-11-15)7-12-3-1-4-14(8-12)19(24)18-16(21)5-2-6-17(18)22/h1-11H. The number of nitrogens with zero attached hydrogens (tertiary/aromatic N) is 1. The van der Waals surface area contributed by atoms with Crippen molar-refractivity contribution in [3.63, 3.8) is 0 Å². The SMILES string of the molecule is O=C(c1cccc([CH]c2cncc(Cl)c2)c1)c1c(F)cccc1F. The lowest BCUT2D eigenvalue weighted by Gasteiger charge is -2.07. The summed E-state index contributed by atoms with van der Waals surface area (Å²) in [4.78, 5) is 16.4. The lowest BCUT2D eigenvalue weighted by molar-refractivity contribution is 0.103. The smallest absolute Gasteiger partial charge is 0.198 e. The van der Waals surface area contributed by atoms with Crippen LogP contribution in [0.3, 0.4) is 0 Å². The summed E-state index contributed by atoms with van der Waals surface area (Å²) in [7, 11) is 0. The third kappa shape index (κ3) is 3.49. The lowest BCUT2D eigenvalue weighted by atomic mass is 9.98. The number of carbonyl (C=O) groups is 1. The van der Waals surface area contributed by atoms with Gasteiger partial charge >= 0.3 is 0 Å². The molecule has 2 aromatic carbocycles. The molecule has 0 aliphatic heterocycles. The minimum Gasteiger partial charge on any atom is -0.288 e.